The maximum atomic E-state index is 11.3. The molecule has 0 aliphatic carbocycles. The quantitative estimate of drug-likeness (QED) is 0.889. The van der Waals surface area contributed by atoms with E-state index in [1.54, 1.807) is 19.2 Å². The topological polar surface area (TPSA) is 59.4 Å². The van der Waals surface area contributed by atoms with Crippen molar-refractivity contribution in [1.82, 2.24) is 4.98 Å². The summed E-state index contributed by atoms with van der Waals surface area (Å²) in [5, 5.41) is 10.7. The molecule has 2 aromatic rings. The van der Waals surface area contributed by atoms with Crippen LogP contribution >= 0.6 is 22.9 Å². The summed E-state index contributed by atoms with van der Waals surface area (Å²) in [5.74, 6) is -0.935. The molecule has 6 heteroatoms. The first-order valence-electron chi connectivity index (χ1n) is 6.05. The summed E-state index contributed by atoms with van der Waals surface area (Å²) in [6, 6.07) is 7.33. The second-order valence-electron chi connectivity index (χ2n) is 4.23. The van der Waals surface area contributed by atoms with Gasteiger partial charge in [0.2, 0.25) is 0 Å². The fraction of sp³-hybridized carbons (Fsp3) is 0.286. The first-order chi connectivity index (χ1) is 9.60. The Morgan fingerprint density at radius 3 is 2.70 bits per heavy atom. The van der Waals surface area contributed by atoms with Crippen LogP contribution in [-0.2, 0) is 17.6 Å². The van der Waals surface area contributed by atoms with Gasteiger partial charge in [-0.15, -0.1) is 11.3 Å². The third-order valence-electron chi connectivity index (χ3n) is 2.74. The molecule has 0 aliphatic rings. The number of hydrogen-bond donors (Lipinski definition) is 1. The lowest BCUT2D eigenvalue weighted by Crippen LogP contribution is -2.00. The molecule has 1 aromatic heterocycles. The molecule has 0 amide bonds. The van der Waals surface area contributed by atoms with Crippen LogP contribution in [0.15, 0.2) is 24.3 Å². The molecule has 1 aromatic carbocycles. The largest absolute Gasteiger partial charge is 0.477 e. The molecule has 2 rings (SSSR count). The second kappa shape index (κ2) is 6.83. The SMILES string of the molecule is COCCc1nc(Cc2ccc(Cl)cc2)c(C(=O)O)s1. The van der Waals surface area contributed by atoms with Crippen LogP contribution in [0.1, 0.15) is 25.9 Å². The summed E-state index contributed by atoms with van der Waals surface area (Å²) in [6.45, 7) is 0.535. The van der Waals surface area contributed by atoms with Gasteiger partial charge < -0.3 is 9.84 Å². The summed E-state index contributed by atoms with van der Waals surface area (Å²) >= 11 is 7.05. The van der Waals surface area contributed by atoms with Crippen LogP contribution < -0.4 is 0 Å². The number of carbonyl (C=O) groups is 1. The summed E-state index contributed by atoms with van der Waals surface area (Å²) in [7, 11) is 1.61. The molecule has 0 bridgehead atoms. The highest BCUT2D eigenvalue weighted by molar-refractivity contribution is 7.13. The van der Waals surface area contributed by atoms with Gasteiger partial charge in [0.05, 0.1) is 17.3 Å². The highest BCUT2D eigenvalue weighted by Crippen LogP contribution is 2.22. The lowest BCUT2D eigenvalue weighted by Gasteiger charge is -2.00. The van der Waals surface area contributed by atoms with Crippen LogP contribution in [0.5, 0.6) is 0 Å². The van der Waals surface area contributed by atoms with Gasteiger partial charge in [-0.05, 0) is 17.7 Å². The van der Waals surface area contributed by atoms with Crippen LogP contribution in [0.3, 0.4) is 0 Å². The summed E-state index contributed by atoms with van der Waals surface area (Å²) in [6.07, 6.45) is 1.12. The first kappa shape index (κ1) is 15.0. The van der Waals surface area contributed by atoms with E-state index in [9.17, 15) is 9.90 Å². The number of nitrogens with zero attached hydrogens (tertiary/aromatic N) is 1. The number of methoxy groups -OCH3 is 1. The number of hydrogen-bond acceptors (Lipinski definition) is 4. The van der Waals surface area contributed by atoms with Crippen molar-refractivity contribution in [2.24, 2.45) is 0 Å². The number of aromatic nitrogens is 1. The monoisotopic (exact) mass is 311 g/mol. The summed E-state index contributed by atoms with van der Waals surface area (Å²) in [4.78, 5) is 16.0. The lowest BCUT2D eigenvalue weighted by molar-refractivity contribution is 0.0701. The molecule has 0 saturated carbocycles. The van der Waals surface area contributed by atoms with Crippen LogP contribution in [0.4, 0.5) is 0 Å². The van der Waals surface area contributed by atoms with Crippen molar-refractivity contribution >= 4 is 28.9 Å². The van der Waals surface area contributed by atoms with Gasteiger partial charge in [-0.2, -0.15) is 0 Å². The molecule has 0 fully saturated rings. The minimum atomic E-state index is -0.935. The van der Waals surface area contributed by atoms with Gasteiger partial charge in [0, 0.05) is 25.0 Å². The molecular weight excluding hydrogens is 298 g/mol. The van der Waals surface area contributed by atoms with Crippen molar-refractivity contribution < 1.29 is 14.6 Å². The molecule has 0 radical (unpaired) electrons. The zero-order valence-electron chi connectivity index (χ0n) is 10.9. The Morgan fingerprint density at radius 1 is 1.40 bits per heavy atom. The Balaban J connectivity index is 2.22. The van der Waals surface area contributed by atoms with Crippen LogP contribution in [0.2, 0.25) is 5.02 Å². The Morgan fingerprint density at radius 2 is 2.10 bits per heavy atom. The number of halogens is 1. The van der Waals surface area contributed by atoms with Crippen molar-refractivity contribution in [2.45, 2.75) is 12.8 Å². The Hall–Kier alpha value is -1.43. The van der Waals surface area contributed by atoms with E-state index in [0.717, 1.165) is 10.6 Å². The fourth-order valence-electron chi connectivity index (χ4n) is 1.78. The van der Waals surface area contributed by atoms with E-state index in [0.29, 0.717) is 35.0 Å². The van der Waals surface area contributed by atoms with Gasteiger partial charge >= 0.3 is 5.97 Å². The fourth-order valence-corrected chi connectivity index (χ4v) is 2.81. The van der Waals surface area contributed by atoms with E-state index in [-0.39, 0.29) is 0 Å². The number of thiazole rings is 1. The van der Waals surface area contributed by atoms with Gasteiger partial charge in [-0.25, -0.2) is 9.78 Å². The van der Waals surface area contributed by atoms with Gasteiger partial charge in [0.1, 0.15) is 4.88 Å². The molecule has 0 atom stereocenters. The molecule has 1 heterocycles. The number of carboxylic acid groups (broad SMARTS) is 1. The Kier molecular flexibility index (Phi) is 5.11. The third-order valence-corrected chi connectivity index (χ3v) is 4.14. The van der Waals surface area contributed by atoms with Crippen LogP contribution in [0, 0.1) is 0 Å². The van der Waals surface area contributed by atoms with Gasteiger partial charge in [-0.1, -0.05) is 23.7 Å². The molecule has 4 nitrogen and oxygen atoms in total. The summed E-state index contributed by atoms with van der Waals surface area (Å²) < 4.78 is 4.99. The Labute approximate surface area is 126 Å². The van der Waals surface area contributed by atoms with Crippen molar-refractivity contribution in [2.75, 3.05) is 13.7 Å². The molecule has 106 valence electrons. The predicted molar refractivity (Wildman–Crippen MR) is 78.9 cm³/mol. The summed E-state index contributed by atoms with van der Waals surface area (Å²) in [5.41, 5.74) is 1.58. The zero-order chi connectivity index (χ0) is 14.5. The second-order valence-corrected chi connectivity index (χ2v) is 5.75. The standard InChI is InChI=1S/C14H14ClNO3S/c1-19-7-6-12-16-11(13(20-12)14(17)18)8-9-2-4-10(15)5-3-9/h2-5H,6-8H2,1H3,(H,17,18). The first-order valence-corrected chi connectivity index (χ1v) is 7.25. The minimum Gasteiger partial charge on any atom is -0.477 e. The van der Waals surface area contributed by atoms with Crippen LogP contribution in [0.25, 0.3) is 0 Å². The van der Waals surface area contributed by atoms with E-state index < -0.39 is 5.97 Å². The number of ether oxygens (including phenoxy) is 1. The van der Waals surface area contributed by atoms with E-state index in [1.165, 1.54) is 11.3 Å². The molecule has 0 saturated heterocycles. The lowest BCUT2D eigenvalue weighted by atomic mass is 10.1. The molecule has 0 spiro atoms. The number of carboxylic acids is 1. The molecule has 0 unspecified atom stereocenters. The van der Waals surface area contributed by atoms with Crippen LogP contribution in [-0.4, -0.2) is 29.8 Å². The van der Waals surface area contributed by atoms with Crippen molar-refractivity contribution in [3.63, 3.8) is 0 Å². The molecule has 0 aliphatic heterocycles. The van der Waals surface area contributed by atoms with Crippen molar-refractivity contribution in [1.29, 1.82) is 0 Å². The predicted octanol–water partition coefficient (Wildman–Crippen LogP) is 3.27. The third kappa shape index (κ3) is 3.79. The van der Waals surface area contributed by atoms with Gasteiger partial charge in [0.15, 0.2) is 0 Å². The van der Waals surface area contributed by atoms with E-state index in [2.05, 4.69) is 4.98 Å². The number of rotatable bonds is 6. The molecule has 1 N–H and O–H groups in total. The van der Waals surface area contributed by atoms with Gasteiger partial charge in [-0.3, -0.25) is 0 Å². The average Bonchev–Trinajstić information content (AvgIpc) is 2.82. The molecular formula is C14H14ClNO3S. The number of benzene rings is 1. The minimum absolute atomic E-state index is 0.297. The highest BCUT2D eigenvalue weighted by Gasteiger charge is 2.17. The normalized spacial score (nSPS) is 10.7. The van der Waals surface area contributed by atoms with E-state index in [4.69, 9.17) is 16.3 Å². The van der Waals surface area contributed by atoms with Gasteiger partial charge in [0.25, 0.3) is 0 Å². The Bertz CT molecular complexity index is 595. The maximum absolute atomic E-state index is 11.3. The maximum Gasteiger partial charge on any atom is 0.347 e. The van der Waals surface area contributed by atoms with Crippen molar-refractivity contribution in [3.05, 3.63) is 50.4 Å². The average molecular weight is 312 g/mol. The number of aromatic carboxylic acids is 1. The molecule has 20 heavy (non-hydrogen) atoms. The van der Waals surface area contributed by atoms with E-state index >= 15 is 0 Å². The highest BCUT2D eigenvalue weighted by atomic mass is 35.5. The van der Waals surface area contributed by atoms with Crippen molar-refractivity contribution in [3.8, 4) is 0 Å². The zero-order valence-corrected chi connectivity index (χ0v) is 12.5. The smallest absolute Gasteiger partial charge is 0.347 e. The van der Waals surface area contributed by atoms with E-state index in [1.807, 2.05) is 12.1 Å².